The van der Waals surface area contributed by atoms with E-state index in [1.165, 1.54) is 36.1 Å². The molecule has 0 bridgehead atoms. The molecule has 2 heterocycles. The minimum atomic E-state index is 0.781. The van der Waals surface area contributed by atoms with Gasteiger partial charge in [-0.3, -0.25) is 4.98 Å². The first kappa shape index (κ1) is 10.0. The van der Waals surface area contributed by atoms with Crippen LogP contribution in [0.25, 0.3) is 10.6 Å². The maximum atomic E-state index is 4.46. The Bertz CT molecular complexity index is 455. The van der Waals surface area contributed by atoms with Gasteiger partial charge in [-0.05, 0) is 47.9 Å². The third-order valence-electron chi connectivity index (χ3n) is 3.39. The van der Waals surface area contributed by atoms with Crippen molar-refractivity contribution in [3.05, 3.63) is 41.4 Å². The van der Waals surface area contributed by atoms with Gasteiger partial charge in [-0.1, -0.05) is 18.9 Å². The molecule has 1 aliphatic rings. The van der Waals surface area contributed by atoms with Gasteiger partial charge in [0, 0.05) is 6.20 Å². The van der Waals surface area contributed by atoms with Crippen molar-refractivity contribution in [2.45, 2.75) is 31.6 Å². The van der Waals surface area contributed by atoms with Crippen LogP contribution in [0.2, 0.25) is 0 Å². The summed E-state index contributed by atoms with van der Waals surface area (Å²) in [6.07, 6.45) is 7.38. The second kappa shape index (κ2) is 4.38. The molecule has 0 amide bonds. The van der Waals surface area contributed by atoms with E-state index in [0.717, 1.165) is 11.6 Å². The summed E-state index contributed by atoms with van der Waals surface area (Å²) in [6, 6.07) is 8.46. The minimum Gasteiger partial charge on any atom is -0.255 e. The van der Waals surface area contributed by atoms with Crippen LogP contribution in [0.5, 0.6) is 0 Å². The van der Waals surface area contributed by atoms with E-state index in [-0.39, 0.29) is 0 Å². The molecule has 0 aliphatic heterocycles. The molecule has 16 heavy (non-hydrogen) atoms. The van der Waals surface area contributed by atoms with Crippen molar-refractivity contribution in [1.29, 1.82) is 0 Å². The molecule has 0 unspecified atom stereocenters. The Kier molecular flexibility index (Phi) is 2.75. The Labute approximate surface area is 100 Å². The summed E-state index contributed by atoms with van der Waals surface area (Å²) in [5.74, 6) is 0.781. The molecular weight excluding hydrogens is 214 g/mol. The summed E-state index contributed by atoms with van der Waals surface area (Å²) in [6.45, 7) is 0. The predicted octanol–water partition coefficient (Wildman–Crippen LogP) is 4.47. The van der Waals surface area contributed by atoms with Crippen LogP contribution in [0.3, 0.4) is 0 Å². The standard InChI is InChI=1S/C14H15NS/c1-2-6-11(5-1)12-8-10-16-14(12)13-7-3-4-9-15-13/h3-4,7-11H,1-2,5-6H2. The van der Waals surface area contributed by atoms with Crippen molar-refractivity contribution in [3.8, 4) is 10.6 Å². The van der Waals surface area contributed by atoms with Gasteiger partial charge in [-0.2, -0.15) is 0 Å². The molecule has 2 aromatic rings. The number of nitrogens with zero attached hydrogens (tertiary/aromatic N) is 1. The van der Waals surface area contributed by atoms with Crippen LogP contribution in [-0.2, 0) is 0 Å². The smallest absolute Gasteiger partial charge is 0.0804 e. The molecule has 0 saturated heterocycles. The Hall–Kier alpha value is -1.15. The van der Waals surface area contributed by atoms with E-state index in [4.69, 9.17) is 0 Å². The highest BCUT2D eigenvalue weighted by Gasteiger charge is 2.21. The Morgan fingerprint density at radius 1 is 1.12 bits per heavy atom. The topological polar surface area (TPSA) is 12.9 Å². The molecule has 0 aromatic carbocycles. The first-order valence-electron chi connectivity index (χ1n) is 5.94. The molecule has 2 heteroatoms. The van der Waals surface area contributed by atoms with Gasteiger partial charge in [-0.15, -0.1) is 11.3 Å². The van der Waals surface area contributed by atoms with Gasteiger partial charge in [0.1, 0.15) is 0 Å². The number of hydrogen-bond donors (Lipinski definition) is 0. The van der Waals surface area contributed by atoms with Gasteiger partial charge in [0.25, 0.3) is 0 Å². The normalized spacial score (nSPS) is 16.8. The molecule has 3 rings (SSSR count). The van der Waals surface area contributed by atoms with E-state index in [0.29, 0.717) is 0 Å². The zero-order valence-electron chi connectivity index (χ0n) is 9.23. The minimum absolute atomic E-state index is 0.781. The Morgan fingerprint density at radius 3 is 2.75 bits per heavy atom. The van der Waals surface area contributed by atoms with Gasteiger partial charge >= 0.3 is 0 Å². The quantitative estimate of drug-likeness (QED) is 0.740. The maximum Gasteiger partial charge on any atom is 0.0804 e. The first-order valence-corrected chi connectivity index (χ1v) is 6.82. The third kappa shape index (κ3) is 1.78. The highest BCUT2D eigenvalue weighted by molar-refractivity contribution is 7.13. The molecule has 2 aromatic heterocycles. The number of rotatable bonds is 2. The second-order valence-electron chi connectivity index (χ2n) is 4.40. The van der Waals surface area contributed by atoms with E-state index in [2.05, 4.69) is 28.6 Å². The molecular formula is C14H15NS. The molecule has 0 N–H and O–H groups in total. The van der Waals surface area contributed by atoms with Crippen LogP contribution in [0.1, 0.15) is 37.2 Å². The van der Waals surface area contributed by atoms with Gasteiger partial charge in [0.05, 0.1) is 10.6 Å². The highest BCUT2D eigenvalue weighted by Crippen LogP contribution is 2.41. The fourth-order valence-electron chi connectivity index (χ4n) is 2.58. The number of hydrogen-bond acceptors (Lipinski definition) is 2. The SMILES string of the molecule is c1ccc(-c2sccc2C2CCCC2)nc1. The van der Waals surface area contributed by atoms with Crippen molar-refractivity contribution < 1.29 is 0 Å². The first-order chi connectivity index (χ1) is 7.95. The molecule has 1 fully saturated rings. The lowest BCUT2D eigenvalue weighted by atomic mass is 9.97. The van der Waals surface area contributed by atoms with Gasteiger partial charge in [-0.25, -0.2) is 0 Å². The molecule has 0 atom stereocenters. The fourth-order valence-corrected chi connectivity index (χ4v) is 3.55. The molecule has 1 aliphatic carbocycles. The van der Waals surface area contributed by atoms with Crippen LogP contribution in [0.15, 0.2) is 35.8 Å². The van der Waals surface area contributed by atoms with Crippen molar-refractivity contribution in [2.24, 2.45) is 0 Å². The van der Waals surface area contributed by atoms with Crippen molar-refractivity contribution in [1.82, 2.24) is 4.98 Å². The number of pyridine rings is 1. The molecule has 1 nitrogen and oxygen atoms in total. The zero-order chi connectivity index (χ0) is 10.8. The summed E-state index contributed by atoms with van der Waals surface area (Å²) in [7, 11) is 0. The van der Waals surface area contributed by atoms with Crippen LogP contribution >= 0.6 is 11.3 Å². The van der Waals surface area contributed by atoms with E-state index < -0.39 is 0 Å². The average molecular weight is 229 g/mol. The van der Waals surface area contributed by atoms with Crippen LogP contribution in [0.4, 0.5) is 0 Å². The zero-order valence-corrected chi connectivity index (χ0v) is 10.0. The number of thiophene rings is 1. The van der Waals surface area contributed by atoms with E-state index in [9.17, 15) is 0 Å². The van der Waals surface area contributed by atoms with E-state index in [1.54, 1.807) is 0 Å². The van der Waals surface area contributed by atoms with E-state index >= 15 is 0 Å². The lowest BCUT2D eigenvalue weighted by Gasteiger charge is -2.09. The summed E-state index contributed by atoms with van der Waals surface area (Å²) >= 11 is 1.83. The van der Waals surface area contributed by atoms with Crippen molar-refractivity contribution in [2.75, 3.05) is 0 Å². The van der Waals surface area contributed by atoms with Gasteiger partial charge < -0.3 is 0 Å². The van der Waals surface area contributed by atoms with E-state index in [1.807, 2.05) is 23.6 Å². The van der Waals surface area contributed by atoms with Gasteiger partial charge in [0.2, 0.25) is 0 Å². The summed E-state index contributed by atoms with van der Waals surface area (Å²) in [5.41, 5.74) is 2.67. The predicted molar refractivity (Wildman–Crippen MR) is 68.8 cm³/mol. The van der Waals surface area contributed by atoms with Crippen LogP contribution < -0.4 is 0 Å². The summed E-state index contributed by atoms with van der Waals surface area (Å²) in [5, 5.41) is 2.21. The molecule has 0 radical (unpaired) electrons. The highest BCUT2D eigenvalue weighted by atomic mass is 32.1. The van der Waals surface area contributed by atoms with Crippen LogP contribution in [-0.4, -0.2) is 4.98 Å². The molecule has 1 saturated carbocycles. The Balaban J connectivity index is 1.99. The lowest BCUT2D eigenvalue weighted by Crippen LogP contribution is -1.92. The fraction of sp³-hybridized carbons (Fsp3) is 0.357. The molecule has 82 valence electrons. The second-order valence-corrected chi connectivity index (χ2v) is 5.32. The van der Waals surface area contributed by atoms with Crippen molar-refractivity contribution in [3.63, 3.8) is 0 Å². The van der Waals surface area contributed by atoms with Crippen molar-refractivity contribution >= 4 is 11.3 Å². The summed E-state index contributed by atoms with van der Waals surface area (Å²) < 4.78 is 0. The lowest BCUT2D eigenvalue weighted by molar-refractivity contribution is 0.727. The monoisotopic (exact) mass is 229 g/mol. The number of aromatic nitrogens is 1. The average Bonchev–Trinajstić information content (AvgIpc) is 3.01. The third-order valence-corrected chi connectivity index (χ3v) is 4.34. The molecule has 0 spiro atoms. The maximum absolute atomic E-state index is 4.46. The van der Waals surface area contributed by atoms with Gasteiger partial charge in [0.15, 0.2) is 0 Å². The largest absolute Gasteiger partial charge is 0.255 e. The van der Waals surface area contributed by atoms with Crippen LogP contribution in [0, 0.1) is 0 Å². The summed E-state index contributed by atoms with van der Waals surface area (Å²) in [4.78, 5) is 5.85. The Morgan fingerprint density at radius 2 is 2.00 bits per heavy atom.